The maximum absolute atomic E-state index is 12.5. The van der Waals surface area contributed by atoms with E-state index in [9.17, 15) is 18.0 Å². The van der Waals surface area contributed by atoms with Gasteiger partial charge in [0, 0.05) is 25.9 Å². The molecule has 9 heteroatoms. The second-order valence-corrected chi connectivity index (χ2v) is 5.11. The number of ether oxygens (including phenoxy) is 1. The van der Waals surface area contributed by atoms with E-state index in [1.165, 1.54) is 18.2 Å². The molecular formula is C16H17F3N4O2. The number of alkyl halides is 3. The summed E-state index contributed by atoms with van der Waals surface area (Å²) < 4.78 is 42.4. The van der Waals surface area contributed by atoms with Gasteiger partial charge in [-0.25, -0.2) is 0 Å². The molecule has 0 atom stereocenters. The van der Waals surface area contributed by atoms with Crippen molar-refractivity contribution in [2.24, 2.45) is 0 Å². The molecule has 0 saturated heterocycles. The number of methoxy groups -OCH3 is 1. The number of carbonyl (C=O) groups is 1. The van der Waals surface area contributed by atoms with E-state index in [4.69, 9.17) is 4.74 Å². The Morgan fingerprint density at radius 2 is 1.84 bits per heavy atom. The van der Waals surface area contributed by atoms with Crippen LogP contribution in [0.15, 0.2) is 36.4 Å². The average Bonchev–Trinajstić information content (AvgIpc) is 2.59. The van der Waals surface area contributed by atoms with Crippen LogP contribution in [0, 0.1) is 0 Å². The van der Waals surface area contributed by atoms with Crippen molar-refractivity contribution in [2.45, 2.75) is 12.6 Å². The van der Waals surface area contributed by atoms with Gasteiger partial charge in [0.25, 0.3) is 5.91 Å². The monoisotopic (exact) mass is 354 g/mol. The third-order valence-corrected chi connectivity index (χ3v) is 3.20. The summed E-state index contributed by atoms with van der Waals surface area (Å²) in [6.07, 6.45) is -3.62. The predicted molar refractivity (Wildman–Crippen MR) is 86.4 cm³/mol. The number of aromatic nitrogens is 2. The van der Waals surface area contributed by atoms with Crippen molar-refractivity contribution < 1.29 is 22.7 Å². The number of carbonyl (C=O) groups excluding carboxylic acids is 1. The van der Waals surface area contributed by atoms with Gasteiger partial charge >= 0.3 is 6.18 Å². The van der Waals surface area contributed by atoms with Gasteiger partial charge in [0.1, 0.15) is 5.82 Å². The third-order valence-electron chi connectivity index (χ3n) is 3.20. The molecule has 0 radical (unpaired) electrons. The molecule has 0 bridgehead atoms. The van der Waals surface area contributed by atoms with Gasteiger partial charge in [0.2, 0.25) is 0 Å². The number of halogens is 3. The lowest BCUT2D eigenvalue weighted by atomic mass is 10.2. The zero-order valence-corrected chi connectivity index (χ0v) is 13.4. The van der Waals surface area contributed by atoms with Crippen LogP contribution >= 0.6 is 0 Å². The molecule has 0 aliphatic carbocycles. The van der Waals surface area contributed by atoms with Gasteiger partial charge in [0.05, 0.1) is 5.56 Å². The van der Waals surface area contributed by atoms with E-state index in [1.54, 1.807) is 13.2 Å². The van der Waals surface area contributed by atoms with E-state index in [0.29, 0.717) is 19.0 Å². The van der Waals surface area contributed by atoms with E-state index in [2.05, 4.69) is 20.8 Å². The number of hydrogen-bond acceptors (Lipinski definition) is 5. The van der Waals surface area contributed by atoms with E-state index < -0.39 is 17.6 Å². The Hall–Kier alpha value is -2.68. The molecule has 1 aromatic carbocycles. The van der Waals surface area contributed by atoms with Crippen LogP contribution in [0.25, 0.3) is 0 Å². The Balaban J connectivity index is 1.92. The lowest BCUT2D eigenvalue weighted by molar-refractivity contribution is -0.137. The lowest BCUT2D eigenvalue weighted by Gasteiger charge is -2.09. The smallest absolute Gasteiger partial charge is 0.385 e. The summed E-state index contributed by atoms with van der Waals surface area (Å²) in [5.74, 6) is -0.0413. The molecule has 2 aromatic rings. The average molecular weight is 354 g/mol. The molecule has 6 nitrogen and oxygen atoms in total. The molecule has 25 heavy (non-hydrogen) atoms. The van der Waals surface area contributed by atoms with Crippen molar-refractivity contribution >= 4 is 17.4 Å². The number of benzene rings is 1. The van der Waals surface area contributed by atoms with Crippen LogP contribution in [0.5, 0.6) is 0 Å². The summed E-state index contributed by atoms with van der Waals surface area (Å²) in [6, 6.07) is 7.23. The van der Waals surface area contributed by atoms with Crippen molar-refractivity contribution in [1.29, 1.82) is 0 Å². The lowest BCUT2D eigenvalue weighted by Crippen LogP contribution is -2.15. The van der Waals surface area contributed by atoms with Gasteiger partial charge in [-0.15, -0.1) is 10.2 Å². The van der Waals surface area contributed by atoms with Crippen molar-refractivity contribution in [1.82, 2.24) is 10.2 Å². The highest BCUT2D eigenvalue weighted by Gasteiger charge is 2.30. The number of nitrogens with one attached hydrogen (secondary N) is 2. The molecule has 134 valence electrons. The highest BCUT2D eigenvalue weighted by Crippen LogP contribution is 2.29. The first-order valence-electron chi connectivity index (χ1n) is 7.45. The highest BCUT2D eigenvalue weighted by molar-refractivity contribution is 6.02. The first-order valence-corrected chi connectivity index (χ1v) is 7.45. The minimum Gasteiger partial charge on any atom is -0.385 e. The molecular weight excluding hydrogens is 337 g/mol. The highest BCUT2D eigenvalue weighted by atomic mass is 19.4. The summed E-state index contributed by atoms with van der Waals surface area (Å²) in [7, 11) is 1.61. The second kappa shape index (κ2) is 8.43. The Morgan fingerprint density at radius 1 is 1.12 bits per heavy atom. The number of amides is 1. The molecule has 2 rings (SSSR count). The molecule has 0 unspecified atom stereocenters. The predicted octanol–water partition coefficient (Wildman–Crippen LogP) is 3.20. The van der Waals surface area contributed by atoms with Crippen molar-refractivity contribution in [3.63, 3.8) is 0 Å². The largest absolute Gasteiger partial charge is 0.416 e. The summed E-state index contributed by atoms with van der Waals surface area (Å²) in [5, 5.41) is 13.2. The summed E-state index contributed by atoms with van der Waals surface area (Å²) in [6.45, 7) is 1.27. The summed E-state index contributed by atoms with van der Waals surface area (Å²) in [4.78, 5) is 12.0. The fraction of sp³-hybridized carbons (Fsp3) is 0.312. The van der Waals surface area contributed by atoms with E-state index >= 15 is 0 Å². The van der Waals surface area contributed by atoms with Gasteiger partial charge < -0.3 is 15.4 Å². The normalized spacial score (nSPS) is 11.2. The van der Waals surface area contributed by atoms with Crippen molar-refractivity contribution in [2.75, 3.05) is 30.9 Å². The molecule has 1 heterocycles. The minimum absolute atomic E-state index is 0.0577. The fourth-order valence-corrected chi connectivity index (χ4v) is 1.92. The molecule has 2 N–H and O–H groups in total. The molecule has 0 aliphatic rings. The molecule has 1 aromatic heterocycles. The number of anilines is 2. The first kappa shape index (κ1) is 18.7. The summed E-state index contributed by atoms with van der Waals surface area (Å²) >= 11 is 0. The van der Waals surface area contributed by atoms with Crippen LogP contribution < -0.4 is 10.6 Å². The van der Waals surface area contributed by atoms with Gasteiger partial charge in [-0.1, -0.05) is 0 Å². The number of nitrogens with zero attached hydrogens (tertiary/aromatic N) is 2. The number of rotatable bonds is 7. The fourth-order valence-electron chi connectivity index (χ4n) is 1.92. The molecule has 0 spiro atoms. The molecule has 0 fully saturated rings. The first-order chi connectivity index (χ1) is 11.9. The maximum Gasteiger partial charge on any atom is 0.416 e. The topological polar surface area (TPSA) is 76.1 Å². The Bertz CT molecular complexity index is 688. The quantitative estimate of drug-likeness (QED) is 0.747. The van der Waals surface area contributed by atoms with Crippen LogP contribution in [0.3, 0.4) is 0 Å². The Kier molecular flexibility index (Phi) is 6.29. The van der Waals surface area contributed by atoms with E-state index in [-0.39, 0.29) is 11.4 Å². The maximum atomic E-state index is 12.5. The standard InChI is InChI=1S/C16H17F3N4O2/c1-25-10-2-9-20-14-8-7-13(22-23-14)15(24)21-12-5-3-11(4-6-12)16(17,18)19/h3-8H,2,9-10H2,1H3,(H,20,23)(H,21,24). The van der Waals surface area contributed by atoms with Crippen LogP contribution in [0.4, 0.5) is 24.7 Å². The zero-order chi connectivity index (χ0) is 18.3. The summed E-state index contributed by atoms with van der Waals surface area (Å²) in [5.41, 5.74) is -0.488. The molecule has 0 saturated carbocycles. The van der Waals surface area contributed by atoms with Gasteiger partial charge in [-0.05, 0) is 42.8 Å². The van der Waals surface area contributed by atoms with Crippen LogP contribution in [-0.4, -0.2) is 36.4 Å². The van der Waals surface area contributed by atoms with Gasteiger partial charge in [-0.2, -0.15) is 13.2 Å². The minimum atomic E-state index is -4.42. The van der Waals surface area contributed by atoms with Crippen LogP contribution in [0.1, 0.15) is 22.5 Å². The van der Waals surface area contributed by atoms with Gasteiger partial charge in [-0.3, -0.25) is 4.79 Å². The Morgan fingerprint density at radius 3 is 2.40 bits per heavy atom. The third kappa shape index (κ3) is 5.71. The van der Waals surface area contributed by atoms with Crippen LogP contribution in [-0.2, 0) is 10.9 Å². The number of hydrogen-bond donors (Lipinski definition) is 2. The SMILES string of the molecule is COCCCNc1ccc(C(=O)Nc2ccc(C(F)(F)F)cc2)nn1. The van der Waals surface area contributed by atoms with Gasteiger partial charge in [0.15, 0.2) is 5.69 Å². The van der Waals surface area contributed by atoms with Crippen LogP contribution in [0.2, 0.25) is 0 Å². The molecule has 1 amide bonds. The zero-order valence-electron chi connectivity index (χ0n) is 13.4. The second-order valence-electron chi connectivity index (χ2n) is 5.11. The van der Waals surface area contributed by atoms with Crippen molar-refractivity contribution in [3.05, 3.63) is 47.7 Å². The van der Waals surface area contributed by atoms with E-state index in [0.717, 1.165) is 18.6 Å². The van der Waals surface area contributed by atoms with E-state index in [1.807, 2.05) is 0 Å². The molecule has 0 aliphatic heterocycles. The Labute approximate surface area is 142 Å². The van der Waals surface area contributed by atoms with Crippen molar-refractivity contribution in [3.8, 4) is 0 Å².